The van der Waals surface area contributed by atoms with Crippen LogP contribution in [0, 0.1) is 0 Å². The highest BCUT2D eigenvalue weighted by Gasteiger charge is 2.43. The van der Waals surface area contributed by atoms with Crippen molar-refractivity contribution < 1.29 is 18.4 Å². The average Bonchev–Trinajstić information content (AvgIpc) is 1.98. The van der Waals surface area contributed by atoms with Crippen LogP contribution in [0.25, 0.3) is 0 Å². The van der Waals surface area contributed by atoms with Crippen LogP contribution in [0.15, 0.2) is 0 Å². The van der Waals surface area contributed by atoms with Crippen LogP contribution in [0.2, 0.25) is 0 Å². The molecule has 0 aromatic carbocycles. The standard InChI is InChI=1S/C7H8F2O2/c8-5-1-2-6(11)7(9,3-5)4-10/h4-5H,1-3H2. The second-order valence-corrected chi connectivity index (χ2v) is 2.74. The molecule has 1 saturated carbocycles. The lowest BCUT2D eigenvalue weighted by molar-refractivity contribution is -0.141. The zero-order valence-electron chi connectivity index (χ0n) is 5.85. The van der Waals surface area contributed by atoms with Gasteiger partial charge in [-0.3, -0.25) is 9.59 Å². The first-order valence-corrected chi connectivity index (χ1v) is 3.41. The molecular weight excluding hydrogens is 154 g/mol. The number of hydrogen-bond donors (Lipinski definition) is 0. The maximum absolute atomic E-state index is 13.0. The molecule has 0 aromatic rings. The predicted octanol–water partition coefficient (Wildman–Crippen LogP) is 0.985. The molecule has 62 valence electrons. The highest BCUT2D eigenvalue weighted by molar-refractivity contribution is 6.02. The fourth-order valence-electron chi connectivity index (χ4n) is 1.15. The first kappa shape index (κ1) is 8.30. The van der Waals surface area contributed by atoms with Crippen molar-refractivity contribution in [2.75, 3.05) is 0 Å². The van der Waals surface area contributed by atoms with Crippen molar-refractivity contribution in [2.24, 2.45) is 0 Å². The molecule has 1 rings (SSSR count). The minimum Gasteiger partial charge on any atom is -0.299 e. The normalized spacial score (nSPS) is 38.7. The molecule has 0 bridgehead atoms. The van der Waals surface area contributed by atoms with Crippen molar-refractivity contribution in [1.82, 2.24) is 0 Å². The number of carbonyl (C=O) groups is 2. The molecular formula is C7H8F2O2. The van der Waals surface area contributed by atoms with Gasteiger partial charge in [0, 0.05) is 12.8 Å². The van der Waals surface area contributed by atoms with E-state index in [2.05, 4.69) is 0 Å². The molecule has 0 radical (unpaired) electrons. The molecule has 4 heteroatoms. The summed E-state index contributed by atoms with van der Waals surface area (Å²) >= 11 is 0. The maximum atomic E-state index is 13.0. The molecule has 2 unspecified atom stereocenters. The van der Waals surface area contributed by atoms with Gasteiger partial charge in [0.25, 0.3) is 0 Å². The zero-order valence-corrected chi connectivity index (χ0v) is 5.85. The first-order chi connectivity index (χ1) is 5.08. The molecule has 0 N–H and O–H groups in total. The molecule has 0 amide bonds. The van der Waals surface area contributed by atoms with Crippen LogP contribution in [-0.4, -0.2) is 23.9 Å². The Hall–Kier alpha value is -0.800. The van der Waals surface area contributed by atoms with Crippen LogP contribution in [-0.2, 0) is 9.59 Å². The third-order valence-corrected chi connectivity index (χ3v) is 1.85. The number of rotatable bonds is 1. The third kappa shape index (κ3) is 1.44. The second-order valence-electron chi connectivity index (χ2n) is 2.74. The van der Waals surface area contributed by atoms with E-state index in [4.69, 9.17) is 0 Å². The highest BCUT2D eigenvalue weighted by atomic mass is 19.2. The number of ketones is 1. The van der Waals surface area contributed by atoms with E-state index in [1.54, 1.807) is 0 Å². The van der Waals surface area contributed by atoms with E-state index >= 15 is 0 Å². The summed E-state index contributed by atoms with van der Waals surface area (Å²) in [4.78, 5) is 20.8. The van der Waals surface area contributed by atoms with Crippen LogP contribution in [0.5, 0.6) is 0 Å². The topological polar surface area (TPSA) is 34.1 Å². The monoisotopic (exact) mass is 162 g/mol. The number of carbonyl (C=O) groups excluding carboxylic acids is 2. The molecule has 0 spiro atoms. The molecule has 0 saturated heterocycles. The fourth-order valence-corrected chi connectivity index (χ4v) is 1.15. The summed E-state index contributed by atoms with van der Waals surface area (Å²) in [5.74, 6) is -0.790. The Morgan fingerprint density at radius 3 is 2.73 bits per heavy atom. The van der Waals surface area contributed by atoms with Gasteiger partial charge < -0.3 is 0 Å². The van der Waals surface area contributed by atoms with Crippen molar-refractivity contribution in [1.29, 1.82) is 0 Å². The summed E-state index contributed by atoms with van der Waals surface area (Å²) in [5, 5.41) is 0. The van der Waals surface area contributed by atoms with Gasteiger partial charge in [0.05, 0.1) is 0 Å². The van der Waals surface area contributed by atoms with Crippen molar-refractivity contribution in [3.8, 4) is 0 Å². The first-order valence-electron chi connectivity index (χ1n) is 3.41. The van der Waals surface area contributed by atoms with Crippen molar-refractivity contribution in [3.63, 3.8) is 0 Å². The predicted molar refractivity (Wildman–Crippen MR) is 33.7 cm³/mol. The molecule has 2 atom stereocenters. The van der Waals surface area contributed by atoms with Crippen LogP contribution in [0.1, 0.15) is 19.3 Å². The Morgan fingerprint density at radius 1 is 1.64 bits per heavy atom. The van der Waals surface area contributed by atoms with E-state index in [0.29, 0.717) is 0 Å². The van der Waals surface area contributed by atoms with Gasteiger partial charge in [-0.2, -0.15) is 0 Å². The fraction of sp³-hybridized carbons (Fsp3) is 0.714. The summed E-state index contributed by atoms with van der Waals surface area (Å²) in [6, 6.07) is 0. The van der Waals surface area contributed by atoms with Gasteiger partial charge in [-0.1, -0.05) is 0 Å². The summed E-state index contributed by atoms with van der Waals surface area (Å²) in [6.07, 6.45) is -2.19. The average molecular weight is 162 g/mol. The van der Waals surface area contributed by atoms with Crippen LogP contribution < -0.4 is 0 Å². The number of hydrogen-bond acceptors (Lipinski definition) is 2. The Balaban J connectivity index is 2.75. The minimum absolute atomic E-state index is 0.0400. The largest absolute Gasteiger partial charge is 0.299 e. The molecule has 0 aliphatic heterocycles. The summed E-state index contributed by atoms with van der Waals surface area (Å²) < 4.78 is 25.5. The van der Waals surface area contributed by atoms with E-state index < -0.39 is 24.0 Å². The van der Waals surface area contributed by atoms with Crippen LogP contribution >= 0.6 is 0 Å². The van der Waals surface area contributed by atoms with Gasteiger partial charge in [-0.05, 0) is 6.42 Å². The smallest absolute Gasteiger partial charge is 0.225 e. The Morgan fingerprint density at radius 2 is 2.27 bits per heavy atom. The number of halogens is 2. The lowest BCUT2D eigenvalue weighted by Crippen LogP contribution is -2.42. The van der Waals surface area contributed by atoms with Crippen LogP contribution in [0.4, 0.5) is 8.78 Å². The van der Waals surface area contributed by atoms with Gasteiger partial charge in [0.1, 0.15) is 6.17 Å². The number of alkyl halides is 2. The second kappa shape index (κ2) is 2.68. The van der Waals surface area contributed by atoms with Crippen molar-refractivity contribution in [3.05, 3.63) is 0 Å². The van der Waals surface area contributed by atoms with Gasteiger partial charge in [0.2, 0.25) is 5.67 Å². The van der Waals surface area contributed by atoms with E-state index in [1.807, 2.05) is 0 Å². The van der Waals surface area contributed by atoms with Crippen molar-refractivity contribution >= 4 is 12.1 Å². The molecule has 2 nitrogen and oxygen atoms in total. The summed E-state index contributed by atoms with van der Waals surface area (Å²) in [7, 11) is 0. The molecule has 0 heterocycles. The Bertz CT molecular complexity index is 193. The number of aldehydes is 1. The van der Waals surface area contributed by atoms with Crippen molar-refractivity contribution in [2.45, 2.75) is 31.1 Å². The molecule has 1 fully saturated rings. The molecule has 0 aromatic heterocycles. The van der Waals surface area contributed by atoms with Gasteiger partial charge >= 0.3 is 0 Å². The number of Topliss-reactive ketones (excluding diaryl/α,β-unsaturated/α-hetero) is 1. The third-order valence-electron chi connectivity index (χ3n) is 1.85. The van der Waals surface area contributed by atoms with Gasteiger partial charge in [-0.25, -0.2) is 8.78 Å². The lowest BCUT2D eigenvalue weighted by atomic mass is 9.85. The minimum atomic E-state index is -2.54. The highest BCUT2D eigenvalue weighted by Crippen LogP contribution is 2.28. The molecule has 1 aliphatic carbocycles. The Labute approximate surface area is 62.6 Å². The summed E-state index contributed by atoms with van der Waals surface area (Å²) in [5.41, 5.74) is -2.54. The van der Waals surface area contributed by atoms with E-state index in [9.17, 15) is 18.4 Å². The molecule has 11 heavy (non-hydrogen) atoms. The van der Waals surface area contributed by atoms with E-state index in [0.717, 1.165) is 0 Å². The quantitative estimate of drug-likeness (QED) is 0.425. The van der Waals surface area contributed by atoms with Gasteiger partial charge in [0.15, 0.2) is 12.1 Å². The van der Waals surface area contributed by atoms with E-state index in [1.165, 1.54) is 0 Å². The molecule has 1 aliphatic rings. The maximum Gasteiger partial charge on any atom is 0.225 e. The Kier molecular flexibility index (Phi) is 2.02. The SMILES string of the molecule is O=CC1(F)CC(F)CCC1=O. The zero-order chi connectivity index (χ0) is 8.48. The van der Waals surface area contributed by atoms with E-state index in [-0.39, 0.29) is 19.1 Å². The van der Waals surface area contributed by atoms with Gasteiger partial charge in [-0.15, -0.1) is 0 Å². The van der Waals surface area contributed by atoms with Crippen LogP contribution in [0.3, 0.4) is 0 Å². The lowest BCUT2D eigenvalue weighted by Gasteiger charge is -2.24. The summed E-state index contributed by atoms with van der Waals surface area (Å²) in [6.45, 7) is 0.